The largest absolute Gasteiger partial charge is 0.391 e. The van der Waals surface area contributed by atoms with Crippen molar-refractivity contribution < 1.29 is 0 Å². The Hall–Kier alpha value is -0.720. The summed E-state index contributed by atoms with van der Waals surface area (Å²) >= 11 is 0. The minimum Gasteiger partial charge on any atom is -0.391 e. The van der Waals surface area contributed by atoms with Crippen LogP contribution in [0.1, 0.15) is 40.5 Å². The molecule has 1 N–H and O–H groups in total. The van der Waals surface area contributed by atoms with Crippen LogP contribution in [0.4, 0.5) is 0 Å². The van der Waals surface area contributed by atoms with E-state index in [1.165, 1.54) is 24.1 Å². The summed E-state index contributed by atoms with van der Waals surface area (Å²) in [7, 11) is 1.99. The maximum Gasteiger partial charge on any atom is 0.0105 e. The van der Waals surface area contributed by atoms with Crippen molar-refractivity contribution in [3.8, 4) is 0 Å². The highest BCUT2D eigenvalue weighted by Gasteiger charge is 2.19. The topological polar surface area (TPSA) is 12.0 Å². The Bertz CT molecular complexity index is 258. The maximum atomic E-state index is 3.22. The molecule has 0 fully saturated rings. The molecule has 1 aliphatic carbocycles. The van der Waals surface area contributed by atoms with Crippen molar-refractivity contribution in [3.63, 3.8) is 0 Å². The van der Waals surface area contributed by atoms with Crippen LogP contribution >= 0.6 is 0 Å². The summed E-state index contributed by atoms with van der Waals surface area (Å²) < 4.78 is 0. The third kappa shape index (κ3) is 1.96. The molecule has 0 bridgehead atoms. The summed E-state index contributed by atoms with van der Waals surface area (Å²) in [6.07, 6.45) is 2.59. The quantitative estimate of drug-likeness (QED) is 0.686. The van der Waals surface area contributed by atoms with Crippen LogP contribution in [0.5, 0.6) is 0 Å². The Balaban J connectivity index is 2.96. The molecule has 0 amide bonds. The zero-order valence-electron chi connectivity index (χ0n) is 9.49. The summed E-state index contributed by atoms with van der Waals surface area (Å²) in [6, 6.07) is 0. The van der Waals surface area contributed by atoms with Crippen LogP contribution in [-0.4, -0.2) is 7.05 Å². The fourth-order valence-electron chi connectivity index (χ4n) is 1.97. The summed E-state index contributed by atoms with van der Waals surface area (Å²) in [5.41, 5.74) is 5.93. The van der Waals surface area contributed by atoms with Crippen LogP contribution < -0.4 is 5.32 Å². The molecule has 1 rings (SSSR count). The van der Waals surface area contributed by atoms with E-state index in [0.29, 0.717) is 0 Å². The van der Waals surface area contributed by atoms with Crippen LogP contribution in [-0.2, 0) is 0 Å². The van der Waals surface area contributed by atoms with Crippen molar-refractivity contribution in [2.24, 2.45) is 5.92 Å². The maximum absolute atomic E-state index is 3.22. The van der Waals surface area contributed by atoms with E-state index in [9.17, 15) is 0 Å². The second-order valence-electron chi connectivity index (χ2n) is 4.10. The van der Waals surface area contributed by atoms with Crippen molar-refractivity contribution in [1.82, 2.24) is 5.32 Å². The third-order valence-corrected chi connectivity index (χ3v) is 3.43. The van der Waals surface area contributed by atoms with Gasteiger partial charge in [0.2, 0.25) is 0 Å². The molecule has 0 radical (unpaired) electrons. The fraction of sp³-hybridized carbons (Fsp3) is 0.667. The van der Waals surface area contributed by atoms with E-state index in [-0.39, 0.29) is 0 Å². The van der Waals surface area contributed by atoms with Gasteiger partial charge in [-0.15, -0.1) is 0 Å². The lowest BCUT2D eigenvalue weighted by molar-refractivity contribution is 0.669. The van der Waals surface area contributed by atoms with Gasteiger partial charge in [0, 0.05) is 12.7 Å². The first-order chi connectivity index (χ1) is 6.07. The van der Waals surface area contributed by atoms with E-state index >= 15 is 0 Å². The first-order valence-electron chi connectivity index (χ1n) is 5.13. The van der Waals surface area contributed by atoms with Gasteiger partial charge < -0.3 is 5.32 Å². The van der Waals surface area contributed by atoms with Gasteiger partial charge in [0.05, 0.1) is 0 Å². The first kappa shape index (κ1) is 10.4. The van der Waals surface area contributed by atoms with Gasteiger partial charge >= 0.3 is 0 Å². The lowest BCUT2D eigenvalue weighted by atomic mass is 10.0. The fourth-order valence-corrected chi connectivity index (χ4v) is 1.97. The molecule has 1 unspecified atom stereocenters. The van der Waals surface area contributed by atoms with Gasteiger partial charge in [-0.2, -0.15) is 0 Å². The molecule has 0 aromatic rings. The molecule has 0 aliphatic heterocycles. The SMILES string of the molecule is CN/C(C)=C(/C)C1=C(C)C(C)CC1. The second kappa shape index (κ2) is 3.99. The third-order valence-electron chi connectivity index (χ3n) is 3.43. The molecule has 1 atom stereocenters. The van der Waals surface area contributed by atoms with E-state index in [0.717, 1.165) is 5.92 Å². The standard InChI is InChI=1S/C12H21N/c1-8-6-7-12(9(8)2)10(3)11(4)13-5/h8,13H,6-7H2,1-5H3/b11-10-. The lowest BCUT2D eigenvalue weighted by Gasteiger charge is -2.10. The van der Waals surface area contributed by atoms with Crippen LogP contribution in [0.15, 0.2) is 22.4 Å². The zero-order valence-corrected chi connectivity index (χ0v) is 9.49. The van der Waals surface area contributed by atoms with Gasteiger partial charge in [-0.05, 0) is 50.7 Å². The van der Waals surface area contributed by atoms with E-state index in [2.05, 4.69) is 33.0 Å². The average molecular weight is 179 g/mol. The minimum atomic E-state index is 0.787. The highest BCUT2D eigenvalue weighted by atomic mass is 14.8. The van der Waals surface area contributed by atoms with Gasteiger partial charge in [0.1, 0.15) is 0 Å². The Labute approximate surface area is 81.9 Å². The lowest BCUT2D eigenvalue weighted by Crippen LogP contribution is -2.05. The van der Waals surface area contributed by atoms with Gasteiger partial charge in [0.15, 0.2) is 0 Å². The summed E-state index contributed by atoms with van der Waals surface area (Å²) in [5.74, 6) is 0.787. The second-order valence-corrected chi connectivity index (χ2v) is 4.10. The molecule has 0 heterocycles. The summed E-state index contributed by atoms with van der Waals surface area (Å²) in [6.45, 7) is 8.98. The van der Waals surface area contributed by atoms with Gasteiger partial charge in [-0.1, -0.05) is 12.5 Å². The Kier molecular flexibility index (Phi) is 3.18. The van der Waals surface area contributed by atoms with Crippen LogP contribution in [0, 0.1) is 5.92 Å². The van der Waals surface area contributed by atoms with Gasteiger partial charge in [-0.25, -0.2) is 0 Å². The Morgan fingerprint density at radius 3 is 2.38 bits per heavy atom. The molecular weight excluding hydrogens is 158 g/mol. The molecule has 0 aromatic carbocycles. The average Bonchev–Trinajstić information content (AvgIpc) is 2.45. The van der Waals surface area contributed by atoms with Crippen molar-refractivity contribution in [1.29, 1.82) is 0 Å². The molecule has 0 spiro atoms. The summed E-state index contributed by atoms with van der Waals surface area (Å²) in [4.78, 5) is 0. The Morgan fingerprint density at radius 2 is 2.00 bits per heavy atom. The monoisotopic (exact) mass is 179 g/mol. The normalized spacial score (nSPS) is 24.8. The van der Waals surface area contributed by atoms with Crippen molar-refractivity contribution in [2.45, 2.75) is 40.5 Å². The number of nitrogens with one attached hydrogen (secondary N) is 1. The summed E-state index contributed by atoms with van der Waals surface area (Å²) in [5, 5.41) is 3.22. The molecular formula is C12H21N. The first-order valence-corrected chi connectivity index (χ1v) is 5.13. The zero-order chi connectivity index (χ0) is 10.0. The van der Waals surface area contributed by atoms with Gasteiger partial charge in [-0.3, -0.25) is 0 Å². The van der Waals surface area contributed by atoms with Crippen molar-refractivity contribution in [3.05, 3.63) is 22.4 Å². The molecule has 13 heavy (non-hydrogen) atoms. The molecule has 74 valence electrons. The van der Waals surface area contributed by atoms with E-state index < -0.39 is 0 Å². The smallest absolute Gasteiger partial charge is 0.0105 e. The van der Waals surface area contributed by atoms with Crippen LogP contribution in [0.25, 0.3) is 0 Å². The predicted molar refractivity (Wildman–Crippen MR) is 58.5 cm³/mol. The molecule has 1 heteroatoms. The molecule has 1 aliphatic rings. The molecule has 0 aromatic heterocycles. The highest BCUT2D eigenvalue weighted by Crippen LogP contribution is 2.35. The molecule has 0 saturated heterocycles. The Morgan fingerprint density at radius 1 is 1.38 bits per heavy atom. The van der Waals surface area contributed by atoms with E-state index in [1.807, 2.05) is 7.05 Å². The van der Waals surface area contributed by atoms with Crippen LogP contribution in [0.2, 0.25) is 0 Å². The highest BCUT2D eigenvalue weighted by molar-refractivity contribution is 5.39. The number of rotatable bonds is 2. The van der Waals surface area contributed by atoms with Crippen molar-refractivity contribution >= 4 is 0 Å². The number of hydrogen-bond donors (Lipinski definition) is 1. The molecule has 1 nitrogen and oxygen atoms in total. The minimum absolute atomic E-state index is 0.787. The van der Waals surface area contributed by atoms with Crippen LogP contribution in [0.3, 0.4) is 0 Å². The predicted octanol–water partition coefficient (Wildman–Crippen LogP) is 3.25. The van der Waals surface area contributed by atoms with E-state index in [4.69, 9.17) is 0 Å². The van der Waals surface area contributed by atoms with Gasteiger partial charge in [0.25, 0.3) is 0 Å². The number of hydrogen-bond acceptors (Lipinski definition) is 1. The number of allylic oxidation sites excluding steroid dienone is 4. The molecule has 0 saturated carbocycles. The van der Waals surface area contributed by atoms with E-state index in [1.54, 1.807) is 11.1 Å². The van der Waals surface area contributed by atoms with Crippen molar-refractivity contribution in [2.75, 3.05) is 7.05 Å².